The van der Waals surface area contributed by atoms with Gasteiger partial charge in [0, 0.05) is 42.3 Å². The lowest BCUT2D eigenvalue weighted by atomic mass is 10.0. The van der Waals surface area contributed by atoms with Gasteiger partial charge in [0.1, 0.15) is 10.6 Å². The van der Waals surface area contributed by atoms with Crippen molar-refractivity contribution in [1.29, 1.82) is 0 Å². The summed E-state index contributed by atoms with van der Waals surface area (Å²) in [4.78, 5) is 18.5. The van der Waals surface area contributed by atoms with E-state index in [-0.39, 0.29) is 17.2 Å². The molecule has 0 unspecified atom stereocenters. The molecule has 31 heavy (non-hydrogen) atoms. The first-order valence-electron chi connectivity index (χ1n) is 10.6. The van der Waals surface area contributed by atoms with E-state index in [1.807, 2.05) is 17.0 Å². The van der Waals surface area contributed by atoms with Gasteiger partial charge in [-0.3, -0.25) is 9.69 Å². The van der Waals surface area contributed by atoms with Crippen molar-refractivity contribution < 1.29 is 17.7 Å². The third-order valence-corrected chi connectivity index (χ3v) is 8.11. The summed E-state index contributed by atoms with van der Waals surface area (Å²) >= 11 is 0. The van der Waals surface area contributed by atoms with Gasteiger partial charge in [-0.25, -0.2) is 8.42 Å². The van der Waals surface area contributed by atoms with Crippen LogP contribution in [0.3, 0.4) is 0 Å². The summed E-state index contributed by atoms with van der Waals surface area (Å²) in [7, 11) is -3.67. The molecule has 3 aromatic rings. The predicted octanol–water partition coefficient (Wildman–Crippen LogP) is 2.91. The summed E-state index contributed by atoms with van der Waals surface area (Å²) in [6.07, 6.45) is 3.34. The van der Waals surface area contributed by atoms with Gasteiger partial charge in [0.05, 0.1) is 6.54 Å². The van der Waals surface area contributed by atoms with E-state index in [0.29, 0.717) is 49.6 Å². The normalized spacial score (nSPS) is 16.6. The van der Waals surface area contributed by atoms with E-state index in [4.69, 9.17) is 4.52 Å². The Bertz CT molecular complexity index is 1190. The molecule has 1 N–H and O–H groups in total. The zero-order valence-electron chi connectivity index (χ0n) is 18.1. The van der Waals surface area contributed by atoms with Crippen LogP contribution in [0, 0.1) is 13.8 Å². The SMILES string of the molecule is CCc1cccc2c(C(=O)CN3CCCN(S(=O)(=O)c4c(C)noc4C)CC3)c[nH]c12. The van der Waals surface area contributed by atoms with Crippen LogP contribution < -0.4 is 0 Å². The largest absolute Gasteiger partial charge is 0.360 e. The second-order valence-corrected chi connectivity index (χ2v) is 9.88. The first kappa shape index (κ1) is 21.7. The Labute approximate surface area is 182 Å². The van der Waals surface area contributed by atoms with Crippen LogP contribution in [0.2, 0.25) is 0 Å². The number of benzene rings is 1. The predicted molar refractivity (Wildman–Crippen MR) is 118 cm³/mol. The van der Waals surface area contributed by atoms with Gasteiger partial charge in [-0.1, -0.05) is 30.3 Å². The molecule has 0 aliphatic carbocycles. The molecule has 0 amide bonds. The van der Waals surface area contributed by atoms with Crippen LogP contribution >= 0.6 is 0 Å². The fourth-order valence-electron chi connectivity index (χ4n) is 4.35. The first-order valence-corrected chi connectivity index (χ1v) is 12.0. The highest BCUT2D eigenvalue weighted by Crippen LogP contribution is 2.25. The fraction of sp³-hybridized carbons (Fsp3) is 0.455. The number of ketones is 1. The second-order valence-electron chi connectivity index (χ2n) is 8.01. The van der Waals surface area contributed by atoms with Gasteiger partial charge >= 0.3 is 0 Å². The Morgan fingerprint density at radius 1 is 1.19 bits per heavy atom. The molecule has 0 bridgehead atoms. The summed E-state index contributed by atoms with van der Waals surface area (Å²) in [5, 5.41) is 4.73. The number of hydrogen-bond donors (Lipinski definition) is 1. The van der Waals surface area contributed by atoms with E-state index < -0.39 is 10.0 Å². The van der Waals surface area contributed by atoms with Crippen LogP contribution in [0.4, 0.5) is 0 Å². The Hall–Kier alpha value is -2.49. The molecule has 2 aromatic heterocycles. The minimum atomic E-state index is -3.67. The fourth-order valence-corrected chi connectivity index (χ4v) is 6.11. The number of aromatic amines is 1. The van der Waals surface area contributed by atoms with E-state index in [0.717, 1.165) is 17.3 Å². The zero-order chi connectivity index (χ0) is 22.2. The minimum absolute atomic E-state index is 0.0431. The molecular formula is C22H28N4O4S. The molecule has 3 heterocycles. The van der Waals surface area contributed by atoms with Crippen LogP contribution in [0.15, 0.2) is 33.8 Å². The van der Waals surface area contributed by atoms with Crippen LogP contribution in [0.25, 0.3) is 10.9 Å². The highest BCUT2D eigenvalue weighted by atomic mass is 32.2. The van der Waals surface area contributed by atoms with Gasteiger partial charge in [-0.15, -0.1) is 0 Å². The first-order chi connectivity index (χ1) is 14.8. The molecule has 0 radical (unpaired) electrons. The molecule has 1 fully saturated rings. The Morgan fingerprint density at radius 3 is 2.71 bits per heavy atom. The third-order valence-electron chi connectivity index (χ3n) is 5.96. The number of H-pyrrole nitrogens is 1. The highest BCUT2D eigenvalue weighted by molar-refractivity contribution is 7.89. The zero-order valence-corrected chi connectivity index (χ0v) is 19.0. The Balaban J connectivity index is 1.47. The molecular weight excluding hydrogens is 416 g/mol. The van der Waals surface area contributed by atoms with Crippen LogP contribution in [-0.2, 0) is 16.4 Å². The minimum Gasteiger partial charge on any atom is -0.360 e. The van der Waals surface area contributed by atoms with Gasteiger partial charge in [-0.2, -0.15) is 4.31 Å². The standard InChI is InChI=1S/C22H28N4O4S/c1-4-17-7-5-8-18-19(13-23-21(17)18)20(27)14-25-9-6-10-26(12-11-25)31(28,29)22-15(2)24-30-16(22)3/h5,7-8,13,23H,4,6,9-12,14H2,1-3H3. The maximum Gasteiger partial charge on any atom is 0.248 e. The van der Waals surface area contributed by atoms with Crippen molar-refractivity contribution in [3.63, 3.8) is 0 Å². The Morgan fingerprint density at radius 2 is 2.00 bits per heavy atom. The molecule has 1 aliphatic heterocycles. The van der Waals surface area contributed by atoms with Crippen molar-refractivity contribution in [2.45, 2.75) is 38.5 Å². The quantitative estimate of drug-likeness (QED) is 0.587. The van der Waals surface area contributed by atoms with E-state index in [9.17, 15) is 13.2 Å². The maximum absolute atomic E-state index is 13.1. The van der Waals surface area contributed by atoms with Gasteiger partial charge in [0.2, 0.25) is 10.0 Å². The maximum atomic E-state index is 13.1. The van der Waals surface area contributed by atoms with Crippen LogP contribution in [-0.4, -0.2) is 66.3 Å². The lowest BCUT2D eigenvalue weighted by molar-refractivity contribution is 0.0936. The molecule has 166 valence electrons. The average molecular weight is 445 g/mol. The topological polar surface area (TPSA) is 99.5 Å². The summed E-state index contributed by atoms with van der Waals surface area (Å²) in [6.45, 7) is 7.51. The highest BCUT2D eigenvalue weighted by Gasteiger charge is 2.32. The number of Topliss-reactive ketones (excluding diaryl/α,β-unsaturated/α-hetero) is 1. The number of hydrogen-bond acceptors (Lipinski definition) is 6. The van der Waals surface area contributed by atoms with Crippen LogP contribution in [0.5, 0.6) is 0 Å². The average Bonchev–Trinajstić information content (AvgIpc) is 3.23. The third kappa shape index (κ3) is 4.05. The number of nitrogens with one attached hydrogen (secondary N) is 1. The number of sulfonamides is 1. The molecule has 8 nitrogen and oxygen atoms in total. The number of carbonyl (C=O) groups excluding carboxylic acids is 1. The second kappa shape index (κ2) is 8.57. The molecule has 1 aliphatic rings. The van der Waals surface area contributed by atoms with E-state index in [1.54, 1.807) is 20.0 Å². The lowest BCUT2D eigenvalue weighted by Gasteiger charge is -2.21. The molecule has 0 saturated carbocycles. The van der Waals surface area contributed by atoms with Crippen molar-refractivity contribution in [3.05, 3.63) is 47.0 Å². The summed E-state index contributed by atoms with van der Waals surface area (Å²) in [6, 6.07) is 6.02. The Kier molecular flexibility index (Phi) is 6.00. The van der Waals surface area contributed by atoms with Crippen molar-refractivity contribution >= 4 is 26.7 Å². The number of nitrogens with zero attached hydrogens (tertiary/aromatic N) is 3. The van der Waals surface area contributed by atoms with Gasteiger partial charge in [0.15, 0.2) is 11.5 Å². The molecule has 0 atom stereocenters. The van der Waals surface area contributed by atoms with Gasteiger partial charge in [-0.05, 0) is 38.8 Å². The molecule has 0 spiro atoms. The molecule has 1 aromatic carbocycles. The van der Waals surface area contributed by atoms with E-state index >= 15 is 0 Å². The van der Waals surface area contributed by atoms with E-state index in [1.165, 1.54) is 9.87 Å². The van der Waals surface area contributed by atoms with Crippen molar-refractivity contribution in [2.24, 2.45) is 0 Å². The number of aryl methyl sites for hydroxylation is 3. The van der Waals surface area contributed by atoms with Crippen molar-refractivity contribution in [3.8, 4) is 0 Å². The van der Waals surface area contributed by atoms with Gasteiger partial charge < -0.3 is 9.51 Å². The number of carbonyl (C=O) groups is 1. The number of fused-ring (bicyclic) bond motifs is 1. The monoisotopic (exact) mass is 444 g/mol. The summed E-state index contributed by atoms with van der Waals surface area (Å²) in [5.74, 6) is 0.348. The molecule has 4 rings (SSSR count). The smallest absolute Gasteiger partial charge is 0.248 e. The van der Waals surface area contributed by atoms with Gasteiger partial charge in [0.25, 0.3) is 0 Å². The number of rotatable bonds is 6. The molecule has 1 saturated heterocycles. The summed E-state index contributed by atoms with van der Waals surface area (Å²) in [5.41, 5.74) is 3.27. The lowest BCUT2D eigenvalue weighted by Crippen LogP contribution is -2.37. The molecule has 9 heteroatoms. The number of para-hydroxylation sites is 1. The van der Waals surface area contributed by atoms with Crippen molar-refractivity contribution in [2.75, 3.05) is 32.7 Å². The van der Waals surface area contributed by atoms with Crippen molar-refractivity contribution in [1.82, 2.24) is 19.3 Å². The number of aromatic nitrogens is 2. The summed E-state index contributed by atoms with van der Waals surface area (Å²) < 4.78 is 32.7. The van der Waals surface area contributed by atoms with Crippen LogP contribution in [0.1, 0.15) is 40.7 Å². The van der Waals surface area contributed by atoms with E-state index in [2.05, 4.69) is 23.1 Å².